The first-order valence-corrected chi connectivity index (χ1v) is 4.95. The molecule has 0 aromatic carbocycles. The lowest BCUT2D eigenvalue weighted by atomic mass is 10.1. The van der Waals surface area contributed by atoms with Crippen molar-refractivity contribution in [2.45, 2.75) is 39.0 Å². The summed E-state index contributed by atoms with van der Waals surface area (Å²) in [4.78, 5) is 20.9. The molecule has 0 radical (unpaired) electrons. The highest BCUT2D eigenvalue weighted by Gasteiger charge is 1.99. The van der Waals surface area contributed by atoms with E-state index in [-0.39, 0.29) is 5.95 Å². The van der Waals surface area contributed by atoms with Gasteiger partial charge in [0.25, 0.3) is 0 Å². The SMILES string of the molecule is CCCCCCc1nc(N)nc(=O)[nH]1. The Bertz CT molecular complexity index is 334. The molecule has 0 saturated heterocycles. The van der Waals surface area contributed by atoms with E-state index in [1.807, 2.05) is 0 Å². The molecule has 0 atom stereocenters. The third-order valence-corrected chi connectivity index (χ3v) is 1.98. The van der Waals surface area contributed by atoms with Crippen LogP contribution < -0.4 is 11.4 Å². The smallest absolute Gasteiger partial charge is 0.349 e. The van der Waals surface area contributed by atoms with Crippen LogP contribution in [0.1, 0.15) is 38.4 Å². The van der Waals surface area contributed by atoms with Gasteiger partial charge in [-0.1, -0.05) is 26.2 Å². The number of rotatable bonds is 5. The van der Waals surface area contributed by atoms with Gasteiger partial charge < -0.3 is 5.73 Å². The number of aromatic nitrogens is 3. The van der Waals surface area contributed by atoms with Crippen LogP contribution in [0.5, 0.6) is 0 Å². The molecule has 0 saturated carbocycles. The molecule has 3 N–H and O–H groups in total. The van der Waals surface area contributed by atoms with Crippen LogP contribution in [0.25, 0.3) is 0 Å². The monoisotopic (exact) mass is 196 g/mol. The standard InChI is InChI=1S/C9H16N4O/c1-2-3-4-5-6-7-11-8(10)13-9(14)12-7/h2-6H2,1H3,(H3,10,11,12,13,14). The summed E-state index contributed by atoms with van der Waals surface area (Å²) >= 11 is 0. The van der Waals surface area contributed by atoms with E-state index in [2.05, 4.69) is 21.9 Å². The highest BCUT2D eigenvalue weighted by Crippen LogP contribution is 2.03. The Balaban J connectivity index is 2.46. The van der Waals surface area contributed by atoms with Crippen LogP contribution in [-0.2, 0) is 6.42 Å². The Labute approximate surface area is 82.8 Å². The summed E-state index contributed by atoms with van der Waals surface area (Å²) < 4.78 is 0. The summed E-state index contributed by atoms with van der Waals surface area (Å²) in [7, 11) is 0. The molecule has 0 amide bonds. The van der Waals surface area contributed by atoms with Crippen molar-refractivity contribution in [3.05, 3.63) is 16.3 Å². The topological polar surface area (TPSA) is 84.7 Å². The van der Waals surface area contributed by atoms with Crippen molar-refractivity contribution in [1.29, 1.82) is 0 Å². The number of nitrogens with zero attached hydrogens (tertiary/aromatic N) is 2. The van der Waals surface area contributed by atoms with Crippen LogP contribution in [0.15, 0.2) is 4.79 Å². The molecule has 0 aliphatic heterocycles. The average molecular weight is 196 g/mol. The van der Waals surface area contributed by atoms with Gasteiger partial charge in [-0.25, -0.2) is 4.79 Å². The molecule has 1 heterocycles. The van der Waals surface area contributed by atoms with E-state index >= 15 is 0 Å². The van der Waals surface area contributed by atoms with Gasteiger partial charge in [-0.3, -0.25) is 4.98 Å². The Kier molecular flexibility index (Phi) is 4.10. The summed E-state index contributed by atoms with van der Waals surface area (Å²) in [5, 5.41) is 0. The number of aromatic amines is 1. The quantitative estimate of drug-likeness (QED) is 0.684. The number of nitrogens with one attached hydrogen (secondary N) is 1. The molecule has 14 heavy (non-hydrogen) atoms. The predicted molar refractivity (Wildman–Crippen MR) is 54.9 cm³/mol. The number of anilines is 1. The zero-order chi connectivity index (χ0) is 10.4. The number of nitrogens with two attached hydrogens (primary N) is 1. The lowest BCUT2D eigenvalue weighted by Crippen LogP contribution is -2.17. The van der Waals surface area contributed by atoms with Gasteiger partial charge in [0, 0.05) is 6.42 Å². The van der Waals surface area contributed by atoms with E-state index in [9.17, 15) is 4.79 Å². The largest absolute Gasteiger partial charge is 0.368 e. The van der Waals surface area contributed by atoms with Crippen molar-refractivity contribution in [3.63, 3.8) is 0 Å². The number of nitrogen functional groups attached to an aromatic ring is 1. The number of H-pyrrole nitrogens is 1. The van der Waals surface area contributed by atoms with Gasteiger partial charge in [-0.05, 0) is 6.42 Å². The Hall–Kier alpha value is -1.39. The van der Waals surface area contributed by atoms with Crippen LogP contribution in [-0.4, -0.2) is 15.0 Å². The zero-order valence-corrected chi connectivity index (χ0v) is 8.42. The molecule has 78 valence electrons. The first-order chi connectivity index (χ1) is 6.72. The molecule has 0 unspecified atom stereocenters. The summed E-state index contributed by atoms with van der Waals surface area (Å²) in [5.74, 6) is 0.692. The molecule has 0 aliphatic rings. The third kappa shape index (κ3) is 3.55. The van der Waals surface area contributed by atoms with Crippen LogP contribution >= 0.6 is 0 Å². The van der Waals surface area contributed by atoms with Gasteiger partial charge in [-0.2, -0.15) is 9.97 Å². The van der Waals surface area contributed by atoms with Crippen molar-refractivity contribution in [2.75, 3.05) is 5.73 Å². The molecule has 0 aliphatic carbocycles. The van der Waals surface area contributed by atoms with Crippen LogP contribution in [0, 0.1) is 0 Å². The summed E-state index contributed by atoms with van der Waals surface area (Å²) in [6.45, 7) is 2.16. The number of unbranched alkanes of at least 4 members (excludes halogenated alkanes) is 3. The number of hydrogen-bond donors (Lipinski definition) is 2. The van der Waals surface area contributed by atoms with Crippen molar-refractivity contribution in [2.24, 2.45) is 0 Å². The number of hydrogen-bond acceptors (Lipinski definition) is 4. The highest BCUT2D eigenvalue weighted by molar-refractivity contribution is 5.12. The van der Waals surface area contributed by atoms with Crippen molar-refractivity contribution >= 4 is 5.95 Å². The molecule has 1 aromatic heterocycles. The minimum Gasteiger partial charge on any atom is -0.368 e. The molecular formula is C9H16N4O. The minimum absolute atomic E-state index is 0.0549. The van der Waals surface area contributed by atoms with E-state index in [0.717, 1.165) is 19.3 Å². The minimum atomic E-state index is -0.414. The van der Waals surface area contributed by atoms with Crippen molar-refractivity contribution in [1.82, 2.24) is 15.0 Å². The lowest BCUT2D eigenvalue weighted by molar-refractivity contribution is 0.649. The number of aryl methyl sites for hydroxylation is 1. The van der Waals surface area contributed by atoms with E-state index in [1.165, 1.54) is 12.8 Å². The third-order valence-electron chi connectivity index (χ3n) is 1.98. The maximum Gasteiger partial charge on any atom is 0.349 e. The highest BCUT2D eigenvalue weighted by atomic mass is 16.1. The van der Waals surface area contributed by atoms with Gasteiger partial charge in [0.05, 0.1) is 0 Å². The summed E-state index contributed by atoms with van der Waals surface area (Å²) in [5.41, 5.74) is 4.93. The Morgan fingerprint density at radius 1 is 1.29 bits per heavy atom. The first-order valence-electron chi connectivity index (χ1n) is 4.95. The Morgan fingerprint density at radius 3 is 2.71 bits per heavy atom. The van der Waals surface area contributed by atoms with Gasteiger partial charge in [-0.15, -0.1) is 0 Å². The molecule has 5 heteroatoms. The zero-order valence-electron chi connectivity index (χ0n) is 8.42. The summed E-state index contributed by atoms with van der Waals surface area (Å²) in [6.07, 6.45) is 5.36. The molecule has 0 spiro atoms. The average Bonchev–Trinajstić information content (AvgIpc) is 2.11. The fourth-order valence-corrected chi connectivity index (χ4v) is 1.28. The van der Waals surface area contributed by atoms with Gasteiger partial charge in [0.2, 0.25) is 5.95 Å². The molecule has 5 nitrogen and oxygen atoms in total. The fourth-order valence-electron chi connectivity index (χ4n) is 1.28. The van der Waals surface area contributed by atoms with E-state index < -0.39 is 5.69 Å². The fraction of sp³-hybridized carbons (Fsp3) is 0.667. The van der Waals surface area contributed by atoms with Crippen LogP contribution in [0.2, 0.25) is 0 Å². The second-order valence-electron chi connectivity index (χ2n) is 3.27. The van der Waals surface area contributed by atoms with E-state index in [4.69, 9.17) is 5.73 Å². The summed E-state index contributed by atoms with van der Waals surface area (Å²) in [6, 6.07) is 0. The maximum atomic E-state index is 10.9. The first kappa shape index (κ1) is 10.7. The van der Waals surface area contributed by atoms with Crippen molar-refractivity contribution in [3.8, 4) is 0 Å². The van der Waals surface area contributed by atoms with Crippen LogP contribution in [0.3, 0.4) is 0 Å². The molecule has 0 bridgehead atoms. The lowest BCUT2D eigenvalue weighted by Gasteiger charge is -2.00. The molecule has 1 aromatic rings. The van der Waals surface area contributed by atoms with Gasteiger partial charge in [0.15, 0.2) is 0 Å². The Morgan fingerprint density at radius 2 is 2.07 bits per heavy atom. The normalized spacial score (nSPS) is 10.4. The maximum absolute atomic E-state index is 10.9. The van der Waals surface area contributed by atoms with Gasteiger partial charge >= 0.3 is 5.69 Å². The molecular weight excluding hydrogens is 180 g/mol. The molecule has 0 fully saturated rings. The second kappa shape index (κ2) is 5.36. The van der Waals surface area contributed by atoms with Crippen LogP contribution in [0.4, 0.5) is 5.95 Å². The van der Waals surface area contributed by atoms with Gasteiger partial charge in [0.1, 0.15) is 5.82 Å². The van der Waals surface area contributed by atoms with E-state index in [0.29, 0.717) is 5.82 Å². The van der Waals surface area contributed by atoms with Crippen molar-refractivity contribution < 1.29 is 0 Å². The van der Waals surface area contributed by atoms with E-state index in [1.54, 1.807) is 0 Å². The molecule has 1 rings (SSSR count). The predicted octanol–water partition coefficient (Wildman–Crippen LogP) is 0.870. The second-order valence-corrected chi connectivity index (χ2v) is 3.27.